The van der Waals surface area contributed by atoms with Crippen LogP contribution in [0.25, 0.3) is 0 Å². The van der Waals surface area contributed by atoms with Crippen molar-refractivity contribution in [2.24, 2.45) is 11.8 Å². The molecule has 29 heavy (non-hydrogen) atoms. The second kappa shape index (κ2) is 7.79. The monoisotopic (exact) mass is 412 g/mol. The maximum Gasteiger partial charge on any atom is 0.274 e. The number of rotatable bonds is 4. The van der Waals surface area contributed by atoms with Crippen LogP contribution in [-0.4, -0.2) is 27.7 Å². The minimum atomic E-state index is -0.632. The Hall–Kier alpha value is -2.99. The lowest BCUT2D eigenvalue weighted by atomic mass is 9.85. The lowest BCUT2D eigenvalue weighted by Gasteiger charge is -2.31. The first kappa shape index (κ1) is 19.3. The molecular weight excluding hydrogens is 395 g/mol. The fourth-order valence-electron chi connectivity index (χ4n) is 3.82. The number of hydrogen-bond acceptors (Lipinski definition) is 3. The average molecular weight is 413 g/mol. The molecule has 7 heteroatoms. The van der Waals surface area contributed by atoms with E-state index in [1.807, 2.05) is 12.2 Å². The molecule has 2 aromatic carbocycles. The first-order valence-corrected chi connectivity index (χ1v) is 9.69. The van der Waals surface area contributed by atoms with Gasteiger partial charge in [-0.25, -0.2) is 9.40 Å². The molecule has 0 saturated carbocycles. The van der Waals surface area contributed by atoms with Crippen LogP contribution in [0.3, 0.4) is 0 Å². The van der Waals surface area contributed by atoms with E-state index in [1.54, 1.807) is 24.3 Å². The van der Waals surface area contributed by atoms with E-state index in [2.05, 4.69) is 0 Å². The van der Waals surface area contributed by atoms with Gasteiger partial charge in [0.1, 0.15) is 5.82 Å². The molecular formula is C22H18ClFN2O3. The smallest absolute Gasteiger partial charge is 0.272 e. The number of nitrogens with zero attached hydrogens (tertiary/aromatic N) is 2. The third-order valence-electron chi connectivity index (χ3n) is 5.34. The van der Waals surface area contributed by atoms with E-state index in [-0.39, 0.29) is 22.7 Å². The Morgan fingerprint density at radius 1 is 1.00 bits per heavy atom. The molecule has 3 amide bonds. The van der Waals surface area contributed by atoms with E-state index in [4.69, 9.17) is 11.6 Å². The maximum atomic E-state index is 14.3. The number of hydrogen-bond donors (Lipinski definition) is 0. The number of hydrazine groups is 1. The van der Waals surface area contributed by atoms with Crippen molar-refractivity contribution in [3.8, 4) is 0 Å². The van der Waals surface area contributed by atoms with Crippen molar-refractivity contribution in [3.05, 3.63) is 82.6 Å². The van der Waals surface area contributed by atoms with Gasteiger partial charge >= 0.3 is 0 Å². The summed E-state index contributed by atoms with van der Waals surface area (Å²) in [6.07, 6.45) is 4.62. The highest BCUT2D eigenvalue weighted by molar-refractivity contribution is 6.33. The molecule has 148 valence electrons. The zero-order valence-corrected chi connectivity index (χ0v) is 16.2. The molecule has 1 heterocycles. The van der Waals surface area contributed by atoms with Crippen LogP contribution in [0.5, 0.6) is 0 Å². The SMILES string of the molecule is O=C(c1ccccc1Cl)N(Cc1ccccc1F)N1C(=O)[C@H]2CC=CC[C@H]2C1=O. The van der Waals surface area contributed by atoms with Crippen LogP contribution in [-0.2, 0) is 16.1 Å². The molecule has 1 aliphatic heterocycles. The summed E-state index contributed by atoms with van der Waals surface area (Å²) in [6.45, 7) is -0.263. The number of allylic oxidation sites excluding steroid dienone is 2. The Labute approximate surface area is 172 Å². The van der Waals surface area contributed by atoms with Crippen LogP contribution in [0.1, 0.15) is 28.8 Å². The maximum absolute atomic E-state index is 14.3. The minimum Gasteiger partial charge on any atom is -0.272 e. The predicted molar refractivity (Wildman–Crippen MR) is 105 cm³/mol. The number of halogens is 2. The normalized spacial score (nSPS) is 20.7. The second-order valence-corrected chi connectivity index (χ2v) is 7.49. The Balaban J connectivity index is 1.75. The van der Waals surface area contributed by atoms with E-state index < -0.39 is 35.4 Å². The largest absolute Gasteiger partial charge is 0.274 e. The first-order valence-electron chi connectivity index (χ1n) is 9.31. The topological polar surface area (TPSA) is 57.7 Å². The van der Waals surface area contributed by atoms with Crippen molar-refractivity contribution in [1.82, 2.24) is 10.0 Å². The van der Waals surface area contributed by atoms with Crippen molar-refractivity contribution in [2.75, 3.05) is 0 Å². The van der Waals surface area contributed by atoms with Crippen LogP contribution < -0.4 is 0 Å². The molecule has 2 aromatic rings. The van der Waals surface area contributed by atoms with E-state index in [9.17, 15) is 18.8 Å². The van der Waals surface area contributed by atoms with Crippen LogP contribution in [0.4, 0.5) is 4.39 Å². The number of carbonyl (C=O) groups excluding carboxylic acids is 3. The van der Waals surface area contributed by atoms with Crippen molar-refractivity contribution in [3.63, 3.8) is 0 Å². The number of carbonyl (C=O) groups is 3. The summed E-state index contributed by atoms with van der Waals surface area (Å²) >= 11 is 6.18. The van der Waals surface area contributed by atoms with Crippen LogP contribution >= 0.6 is 11.6 Å². The van der Waals surface area contributed by atoms with Crippen molar-refractivity contribution in [2.45, 2.75) is 19.4 Å². The summed E-state index contributed by atoms with van der Waals surface area (Å²) < 4.78 is 14.3. The summed E-state index contributed by atoms with van der Waals surface area (Å²) in [5, 5.41) is 2.09. The molecule has 0 radical (unpaired) electrons. The summed E-state index contributed by atoms with van der Waals surface area (Å²) in [6, 6.07) is 12.3. The quantitative estimate of drug-likeness (QED) is 0.563. The van der Waals surface area contributed by atoms with Crippen molar-refractivity contribution in [1.29, 1.82) is 0 Å². The molecule has 1 saturated heterocycles. The Bertz CT molecular complexity index is 997. The highest BCUT2D eigenvalue weighted by Gasteiger charge is 2.51. The van der Waals surface area contributed by atoms with Gasteiger partial charge in [-0.1, -0.05) is 54.1 Å². The molecule has 2 atom stereocenters. The zero-order valence-electron chi connectivity index (χ0n) is 15.4. The third-order valence-corrected chi connectivity index (χ3v) is 5.67. The van der Waals surface area contributed by atoms with Gasteiger partial charge in [0.2, 0.25) is 0 Å². The Morgan fingerprint density at radius 3 is 2.21 bits per heavy atom. The van der Waals surface area contributed by atoms with Gasteiger partial charge in [0.25, 0.3) is 17.7 Å². The Kier molecular flexibility index (Phi) is 5.20. The van der Waals surface area contributed by atoms with Crippen LogP contribution in [0.2, 0.25) is 5.02 Å². The number of imide groups is 1. The zero-order chi connectivity index (χ0) is 20.5. The highest BCUT2D eigenvalue weighted by Crippen LogP contribution is 2.37. The van der Waals surface area contributed by atoms with E-state index >= 15 is 0 Å². The van der Waals surface area contributed by atoms with Crippen molar-refractivity contribution < 1.29 is 18.8 Å². The molecule has 4 rings (SSSR count). The fourth-order valence-corrected chi connectivity index (χ4v) is 4.03. The molecule has 2 aliphatic rings. The molecule has 0 unspecified atom stereocenters. The molecule has 0 aromatic heterocycles. The van der Waals surface area contributed by atoms with Gasteiger partial charge in [0.15, 0.2) is 0 Å². The van der Waals surface area contributed by atoms with Crippen LogP contribution in [0, 0.1) is 17.7 Å². The Morgan fingerprint density at radius 2 is 1.59 bits per heavy atom. The standard InChI is InChI=1S/C22H18ClFN2O3/c23-18-11-5-4-10-17(18)20(27)25(13-14-7-1-6-12-19(14)24)26-21(28)15-8-2-3-9-16(15)22(26)29/h1-7,10-12,15-16H,8-9,13H2/t15-,16+. The summed E-state index contributed by atoms with van der Waals surface area (Å²) in [5.74, 6) is -3.05. The summed E-state index contributed by atoms with van der Waals surface area (Å²) in [7, 11) is 0. The number of fused-ring (bicyclic) bond motifs is 1. The van der Waals surface area contributed by atoms with Gasteiger partial charge in [-0.2, -0.15) is 5.01 Å². The predicted octanol–water partition coefficient (Wildman–Crippen LogP) is 3.99. The van der Waals surface area contributed by atoms with E-state index in [1.165, 1.54) is 24.3 Å². The van der Waals surface area contributed by atoms with E-state index in [0.29, 0.717) is 12.8 Å². The fraction of sp³-hybridized carbons (Fsp3) is 0.227. The summed E-state index contributed by atoms with van der Waals surface area (Å²) in [4.78, 5) is 39.4. The molecule has 1 aliphatic carbocycles. The molecule has 0 spiro atoms. The van der Waals surface area contributed by atoms with Gasteiger partial charge in [-0.3, -0.25) is 14.4 Å². The van der Waals surface area contributed by atoms with Gasteiger partial charge in [0, 0.05) is 5.56 Å². The van der Waals surface area contributed by atoms with Gasteiger partial charge < -0.3 is 0 Å². The first-order chi connectivity index (χ1) is 14.0. The molecule has 0 N–H and O–H groups in total. The second-order valence-electron chi connectivity index (χ2n) is 7.08. The lowest BCUT2D eigenvalue weighted by molar-refractivity contribution is -0.155. The van der Waals surface area contributed by atoms with Crippen molar-refractivity contribution >= 4 is 29.3 Å². The number of benzene rings is 2. The lowest BCUT2D eigenvalue weighted by Crippen LogP contribution is -2.50. The molecule has 5 nitrogen and oxygen atoms in total. The number of amides is 3. The van der Waals surface area contributed by atoms with E-state index in [0.717, 1.165) is 10.0 Å². The average Bonchev–Trinajstić information content (AvgIpc) is 2.98. The minimum absolute atomic E-state index is 0.138. The highest BCUT2D eigenvalue weighted by atomic mass is 35.5. The van der Waals surface area contributed by atoms with Crippen LogP contribution in [0.15, 0.2) is 60.7 Å². The van der Waals surface area contributed by atoms with Gasteiger partial charge in [-0.05, 0) is 31.0 Å². The molecule has 0 bridgehead atoms. The molecule has 1 fully saturated rings. The third kappa shape index (κ3) is 3.44. The van der Waals surface area contributed by atoms with Gasteiger partial charge in [0.05, 0.1) is 29.0 Å². The van der Waals surface area contributed by atoms with Gasteiger partial charge in [-0.15, -0.1) is 0 Å². The summed E-state index contributed by atoms with van der Waals surface area (Å²) in [5.41, 5.74) is 0.334.